The number of nitrogens with two attached hydrogens (primary N) is 1. The van der Waals surface area contributed by atoms with Gasteiger partial charge in [-0.1, -0.05) is 48.9 Å². The van der Waals surface area contributed by atoms with Crippen molar-refractivity contribution in [1.82, 2.24) is 15.0 Å². The van der Waals surface area contributed by atoms with Crippen molar-refractivity contribution in [2.45, 2.75) is 36.6 Å². The predicted octanol–water partition coefficient (Wildman–Crippen LogP) is 3.11. The highest BCUT2D eigenvalue weighted by molar-refractivity contribution is 7.91. The van der Waals surface area contributed by atoms with Crippen molar-refractivity contribution < 1.29 is 8.42 Å². The van der Waals surface area contributed by atoms with Gasteiger partial charge < -0.3 is 5.73 Å². The summed E-state index contributed by atoms with van der Waals surface area (Å²) in [5.41, 5.74) is 8.86. The molecule has 0 aliphatic heterocycles. The third-order valence-electron chi connectivity index (χ3n) is 4.06. The molecule has 2 aromatic carbocycles. The highest BCUT2D eigenvalue weighted by Crippen LogP contribution is 2.26. The van der Waals surface area contributed by atoms with Gasteiger partial charge >= 0.3 is 0 Å². The second-order valence-corrected chi connectivity index (χ2v) is 8.12. The van der Waals surface area contributed by atoms with Crippen LogP contribution in [0.15, 0.2) is 58.5 Å². The molecule has 0 saturated carbocycles. The summed E-state index contributed by atoms with van der Waals surface area (Å²) in [6.07, 6.45) is 0. The number of aryl methyl sites for hydroxylation is 1. The SMILES string of the molecule is Cc1ccc(S(=O)(=O)c2nnn(-c3ccc(C(C)C)cc3)c2N)cc1. The lowest BCUT2D eigenvalue weighted by Gasteiger charge is -2.08. The number of sulfone groups is 1. The van der Waals surface area contributed by atoms with Gasteiger partial charge in [-0.25, -0.2) is 8.42 Å². The van der Waals surface area contributed by atoms with Crippen LogP contribution in [0.25, 0.3) is 5.69 Å². The van der Waals surface area contributed by atoms with Crippen LogP contribution in [0.5, 0.6) is 0 Å². The second kappa shape index (κ2) is 6.33. The van der Waals surface area contributed by atoms with E-state index in [4.69, 9.17) is 5.73 Å². The number of hydrogen-bond acceptors (Lipinski definition) is 5. The van der Waals surface area contributed by atoms with E-state index in [1.807, 2.05) is 31.2 Å². The molecule has 0 radical (unpaired) electrons. The Balaban J connectivity index is 2.02. The minimum atomic E-state index is -3.81. The molecule has 6 nitrogen and oxygen atoms in total. The van der Waals surface area contributed by atoms with Gasteiger partial charge in [0.1, 0.15) is 0 Å². The summed E-state index contributed by atoms with van der Waals surface area (Å²) < 4.78 is 26.9. The highest BCUT2D eigenvalue weighted by atomic mass is 32.2. The van der Waals surface area contributed by atoms with Gasteiger partial charge in [-0.15, -0.1) is 5.10 Å². The van der Waals surface area contributed by atoms with Crippen LogP contribution in [-0.4, -0.2) is 23.4 Å². The van der Waals surface area contributed by atoms with Gasteiger partial charge in [0.2, 0.25) is 14.9 Å². The lowest BCUT2D eigenvalue weighted by molar-refractivity contribution is 0.592. The number of benzene rings is 2. The number of rotatable bonds is 4. The maximum Gasteiger partial charge on any atom is 0.229 e. The molecule has 0 unspecified atom stereocenters. The second-order valence-electron chi connectivity index (χ2n) is 6.25. The summed E-state index contributed by atoms with van der Waals surface area (Å²) in [4.78, 5) is 0.145. The van der Waals surface area contributed by atoms with Crippen molar-refractivity contribution in [3.63, 3.8) is 0 Å². The van der Waals surface area contributed by atoms with Crippen LogP contribution in [0.2, 0.25) is 0 Å². The van der Waals surface area contributed by atoms with Crippen LogP contribution in [0, 0.1) is 6.92 Å². The van der Waals surface area contributed by atoms with Crippen molar-refractivity contribution in [1.29, 1.82) is 0 Å². The molecule has 25 heavy (non-hydrogen) atoms. The van der Waals surface area contributed by atoms with Gasteiger partial charge in [-0.2, -0.15) is 4.68 Å². The van der Waals surface area contributed by atoms with E-state index in [9.17, 15) is 8.42 Å². The molecular weight excluding hydrogens is 336 g/mol. The first-order chi connectivity index (χ1) is 11.8. The van der Waals surface area contributed by atoms with E-state index < -0.39 is 9.84 Å². The fraction of sp³-hybridized carbons (Fsp3) is 0.222. The first kappa shape index (κ1) is 17.2. The Hall–Kier alpha value is -2.67. The van der Waals surface area contributed by atoms with Crippen molar-refractivity contribution in [2.75, 3.05) is 5.73 Å². The largest absolute Gasteiger partial charge is 0.381 e. The fourth-order valence-electron chi connectivity index (χ4n) is 2.49. The minimum Gasteiger partial charge on any atom is -0.381 e. The maximum atomic E-state index is 12.8. The Bertz CT molecular complexity index is 989. The zero-order valence-electron chi connectivity index (χ0n) is 14.3. The average Bonchev–Trinajstić information content (AvgIpc) is 2.97. The summed E-state index contributed by atoms with van der Waals surface area (Å²) >= 11 is 0. The van der Waals surface area contributed by atoms with Crippen LogP contribution in [0.3, 0.4) is 0 Å². The van der Waals surface area contributed by atoms with Gasteiger partial charge in [0.25, 0.3) is 0 Å². The van der Waals surface area contributed by atoms with E-state index in [-0.39, 0.29) is 15.7 Å². The molecule has 0 aliphatic carbocycles. The summed E-state index contributed by atoms with van der Waals surface area (Å²) in [5.74, 6) is 0.400. The van der Waals surface area contributed by atoms with E-state index in [0.717, 1.165) is 5.56 Å². The number of anilines is 1. The van der Waals surface area contributed by atoms with Gasteiger partial charge in [0.05, 0.1) is 10.6 Å². The molecule has 0 aliphatic rings. The summed E-state index contributed by atoms with van der Waals surface area (Å²) in [6.45, 7) is 6.10. The molecule has 0 bridgehead atoms. The lowest BCUT2D eigenvalue weighted by Crippen LogP contribution is -2.08. The van der Waals surface area contributed by atoms with Crippen LogP contribution >= 0.6 is 0 Å². The first-order valence-corrected chi connectivity index (χ1v) is 9.42. The number of aromatic nitrogens is 3. The van der Waals surface area contributed by atoms with Crippen LogP contribution in [-0.2, 0) is 9.84 Å². The van der Waals surface area contributed by atoms with E-state index in [1.54, 1.807) is 24.3 Å². The zero-order valence-corrected chi connectivity index (χ0v) is 15.2. The predicted molar refractivity (Wildman–Crippen MR) is 96.5 cm³/mol. The number of hydrogen-bond donors (Lipinski definition) is 1. The monoisotopic (exact) mass is 356 g/mol. The molecule has 2 N–H and O–H groups in total. The molecule has 0 atom stereocenters. The molecular formula is C18H20N4O2S. The van der Waals surface area contributed by atoms with E-state index >= 15 is 0 Å². The Morgan fingerprint density at radius 1 is 1.00 bits per heavy atom. The molecule has 0 spiro atoms. The topological polar surface area (TPSA) is 90.9 Å². The lowest BCUT2D eigenvalue weighted by atomic mass is 10.0. The zero-order chi connectivity index (χ0) is 18.2. The first-order valence-electron chi connectivity index (χ1n) is 7.94. The van der Waals surface area contributed by atoms with Crippen LogP contribution in [0.4, 0.5) is 5.82 Å². The van der Waals surface area contributed by atoms with Crippen molar-refractivity contribution >= 4 is 15.7 Å². The minimum absolute atomic E-state index is 0.00197. The van der Waals surface area contributed by atoms with E-state index in [0.29, 0.717) is 11.6 Å². The van der Waals surface area contributed by atoms with Crippen LogP contribution in [0.1, 0.15) is 30.9 Å². The molecule has 3 rings (SSSR count). The maximum absolute atomic E-state index is 12.8. The quantitative estimate of drug-likeness (QED) is 0.775. The molecule has 1 aromatic heterocycles. The Kier molecular flexibility index (Phi) is 4.34. The number of nitrogens with zero attached hydrogens (tertiary/aromatic N) is 3. The van der Waals surface area contributed by atoms with Crippen molar-refractivity contribution in [3.8, 4) is 5.69 Å². The fourth-order valence-corrected chi connectivity index (χ4v) is 3.71. The Morgan fingerprint density at radius 3 is 2.16 bits per heavy atom. The van der Waals surface area contributed by atoms with Gasteiger partial charge in [0.15, 0.2) is 5.82 Å². The molecule has 0 fully saturated rings. The number of nitrogen functional groups attached to an aromatic ring is 1. The molecule has 3 aromatic rings. The van der Waals surface area contributed by atoms with Crippen molar-refractivity contribution in [3.05, 3.63) is 59.7 Å². The Labute approximate surface area is 147 Å². The molecule has 7 heteroatoms. The molecule has 1 heterocycles. The standard InChI is InChI=1S/C18H20N4O2S/c1-12(2)14-6-8-15(9-7-14)22-17(19)18(20-21-22)25(23,24)16-10-4-13(3)5-11-16/h4-12H,19H2,1-3H3. The Morgan fingerprint density at radius 2 is 1.60 bits per heavy atom. The molecule has 130 valence electrons. The third kappa shape index (κ3) is 3.15. The van der Waals surface area contributed by atoms with Crippen molar-refractivity contribution in [2.24, 2.45) is 0 Å². The third-order valence-corrected chi connectivity index (χ3v) is 5.76. The smallest absolute Gasteiger partial charge is 0.229 e. The van der Waals surface area contributed by atoms with E-state index in [1.165, 1.54) is 10.2 Å². The van der Waals surface area contributed by atoms with Crippen LogP contribution < -0.4 is 5.73 Å². The van der Waals surface area contributed by atoms with E-state index in [2.05, 4.69) is 24.2 Å². The molecule has 0 amide bonds. The van der Waals surface area contributed by atoms with Gasteiger partial charge in [-0.3, -0.25) is 0 Å². The molecule has 0 saturated heterocycles. The summed E-state index contributed by atoms with van der Waals surface area (Å²) in [5, 5.41) is 7.52. The average molecular weight is 356 g/mol. The van der Waals surface area contributed by atoms with Gasteiger partial charge in [0, 0.05) is 0 Å². The van der Waals surface area contributed by atoms with Gasteiger partial charge in [-0.05, 0) is 42.7 Å². The normalized spacial score (nSPS) is 11.8. The summed E-state index contributed by atoms with van der Waals surface area (Å²) in [6, 6.07) is 14.2. The summed E-state index contributed by atoms with van der Waals surface area (Å²) in [7, 11) is -3.81. The highest BCUT2D eigenvalue weighted by Gasteiger charge is 2.26.